The molecule has 6 heteroatoms. The van der Waals surface area contributed by atoms with Crippen LogP contribution in [-0.2, 0) is 11.3 Å². The number of rotatable bonds is 6. The highest BCUT2D eigenvalue weighted by Gasteiger charge is 2.21. The normalized spacial score (nSPS) is 13.6. The number of hydrogen-bond acceptors (Lipinski definition) is 4. The molecule has 6 nitrogen and oxygen atoms in total. The largest absolute Gasteiger partial charge is 0.372 e. The highest BCUT2D eigenvalue weighted by molar-refractivity contribution is 6.00. The van der Waals surface area contributed by atoms with Gasteiger partial charge in [0.2, 0.25) is 5.91 Å². The molecule has 27 heavy (non-hydrogen) atoms. The predicted octanol–water partition coefficient (Wildman–Crippen LogP) is 2.46. The number of nitrogens with two attached hydrogens (primary N) is 1. The van der Waals surface area contributed by atoms with Gasteiger partial charge in [-0.05, 0) is 36.7 Å². The van der Waals surface area contributed by atoms with E-state index in [9.17, 15) is 9.59 Å². The van der Waals surface area contributed by atoms with Gasteiger partial charge < -0.3 is 20.9 Å². The summed E-state index contributed by atoms with van der Waals surface area (Å²) in [5.41, 5.74) is 8.91. The molecule has 0 radical (unpaired) electrons. The molecule has 0 unspecified atom stereocenters. The van der Waals surface area contributed by atoms with E-state index in [0.717, 1.165) is 17.7 Å². The Labute approximate surface area is 159 Å². The maximum absolute atomic E-state index is 13.1. The molecule has 0 spiro atoms. The fourth-order valence-electron chi connectivity index (χ4n) is 3.23. The van der Waals surface area contributed by atoms with Gasteiger partial charge in [0, 0.05) is 38.7 Å². The van der Waals surface area contributed by atoms with E-state index < -0.39 is 0 Å². The summed E-state index contributed by atoms with van der Waals surface area (Å²) in [5, 5.41) is 2.91. The number of fused-ring (bicyclic) bond motifs is 1. The van der Waals surface area contributed by atoms with Gasteiger partial charge in [0.15, 0.2) is 0 Å². The summed E-state index contributed by atoms with van der Waals surface area (Å²) in [7, 11) is 1.95. The van der Waals surface area contributed by atoms with Crippen molar-refractivity contribution in [2.75, 3.05) is 36.9 Å². The van der Waals surface area contributed by atoms with Crippen LogP contribution in [-0.4, -0.2) is 43.4 Å². The summed E-state index contributed by atoms with van der Waals surface area (Å²) < 4.78 is 0. The van der Waals surface area contributed by atoms with Gasteiger partial charge in [0.05, 0.1) is 11.4 Å². The summed E-state index contributed by atoms with van der Waals surface area (Å²) in [6.45, 7) is 2.31. The van der Waals surface area contributed by atoms with E-state index in [1.165, 1.54) is 0 Å². The average molecular weight is 366 g/mol. The topological polar surface area (TPSA) is 78.7 Å². The Morgan fingerprint density at radius 2 is 2.00 bits per heavy atom. The minimum Gasteiger partial charge on any atom is -0.372 e. The smallest absolute Gasteiger partial charge is 0.254 e. The minimum absolute atomic E-state index is 0.0329. The van der Waals surface area contributed by atoms with Crippen molar-refractivity contribution in [2.45, 2.75) is 19.4 Å². The monoisotopic (exact) mass is 366 g/mol. The molecule has 0 atom stereocenters. The van der Waals surface area contributed by atoms with Crippen molar-refractivity contribution in [3.8, 4) is 0 Å². The third-order valence-corrected chi connectivity index (χ3v) is 4.74. The fraction of sp³-hybridized carbons (Fsp3) is 0.333. The Bertz CT molecular complexity index is 807. The van der Waals surface area contributed by atoms with Gasteiger partial charge in [0.1, 0.15) is 0 Å². The number of hydrogen-bond donors (Lipinski definition) is 2. The maximum atomic E-state index is 13.1. The standard InChI is InChI=1S/C21H26N4O2/c1-24-13-10-20(26)23-18-14-17(8-9-19(18)24)21(27)25(12-5-11-22)15-16-6-3-2-4-7-16/h2-4,6-9,14H,5,10-13,15,22H2,1H3,(H,23,26). The lowest BCUT2D eigenvalue weighted by atomic mass is 10.1. The van der Waals surface area contributed by atoms with E-state index in [0.29, 0.717) is 43.9 Å². The van der Waals surface area contributed by atoms with E-state index in [1.807, 2.05) is 59.3 Å². The average Bonchev–Trinajstić information content (AvgIpc) is 2.83. The molecule has 0 bridgehead atoms. The van der Waals surface area contributed by atoms with Crippen LogP contribution in [0.3, 0.4) is 0 Å². The number of amides is 2. The number of carbonyl (C=O) groups excluding carboxylic acids is 2. The van der Waals surface area contributed by atoms with Crippen LogP contribution in [0.25, 0.3) is 0 Å². The molecule has 2 aromatic rings. The third-order valence-electron chi connectivity index (χ3n) is 4.74. The lowest BCUT2D eigenvalue weighted by Crippen LogP contribution is -2.32. The van der Waals surface area contributed by atoms with Crippen molar-refractivity contribution in [3.63, 3.8) is 0 Å². The van der Waals surface area contributed by atoms with Gasteiger partial charge in [0.25, 0.3) is 5.91 Å². The first-order valence-electron chi connectivity index (χ1n) is 9.27. The van der Waals surface area contributed by atoms with E-state index in [2.05, 4.69) is 5.32 Å². The van der Waals surface area contributed by atoms with Gasteiger partial charge in [-0.1, -0.05) is 30.3 Å². The molecular formula is C21H26N4O2. The molecule has 0 fully saturated rings. The second kappa shape index (κ2) is 8.68. The Morgan fingerprint density at radius 1 is 1.22 bits per heavy atom. The second-order valence-corrected chi connectivity index (χ2v) is 6.81. The fourth-order valence-corrected chi connectivity index (χ4v) is 3.23. The van der Waals surface area contributed by atoms with Crippen molar-refractivity contribution >= 4 is 23.2 Å². The van der Waals surface area contributed by atoms with Gasteiger partial charge in [-0.2, -0.15) is 0 Å². The molecule has 0 saturated heterocycles. The van der Waals surface area contributed by atoms with Crippen LogP contribution in [0.1, 0.15) is 28.8 Å². The summed E-state index contributed by atoms with van der Waals surface area (Å²) in [4.78, 5) is 28.9. The SMILES string of the molecule is CN1CCC(=O)Nc2cc(C(=O)N(CCCN)Cc3ccccc3)ccc21. The van der Waals surface area contributed by atoms with Crippen LogP contribution in [0, 0.1) is 0 Å². The molecule has 0 aromatic heterocycles. The van der Waals surface area contributed by atoms with Crippen LogP contribution in [0.2, 0.25) is 0 Å². The molecule has 3 rings (SSSR count). The Hall–Kier alpha value is -2.86. The van der Waals surface area contributed by atoms with Gasteiger partial charge >= 0.3 is 0 Å². The summed E-state index contributed by atoms with van der Waals surface area (Å²) in [5.74, 6) is -0.0919. The van der Waals surface area contributed by atoms with Crippen molar-refractivity contribution < 1.29 is 9.59 Å². The van der Waals surface area contributed by atoms with E-state index in [-0.39, 0.29) is 11.8 Å². The molecule has 1 aliphatic rings. The Balaban J connectivity index is 1.85. The van der Waals surface area contributed by atoms with E-state index in [4.69, 9.17) is 5.73 Å². The lowest BCUT2D eigenvalue weighted by molar-refractivity contribution is -0.115. The quantitative estimate of drug-likeness (QED) is 0.823. The van der Waals surface area contributed by atoms with Crippen molar-refractivity contribution in [2.24, 2.45) is 5.73 Å². The first kappa shape index (κ1) is 18.9. The number of carbonyl (C=O) groups is 2. The third kappa shape index (κ3) is 4.65. The lowest BCUT2D eigenvalue weighted by Gasteiger charge is -2.24. The molecule has 142 valence electrons. The minimum atomic E-state index is -0.0590. The highest BCUT2D eigenvalue weighted by Crippen LogP contribution is 2.29. The van der Waals surface area contributed by atoms with Crippen LogP contribution in [0.15, 0.2) is 48.5 Å². The first-order chi connectivity index (χ1) is 13.1. The van der Waals surface area contributed by atoms with Gasteiger partial charge in [-0.15, -0.1) is 0 Å². The molecule has 2 aromatic carbocycles. The highest BCUT2D eigenvalue weighted by atomic mass is 16.2. The van der Waals surface area contributed by atoms with Crippen LogP contribution >= 0.6 is 0 Å². The molecule has 1 aliphatic heterocycles. The van der Waals surface area contributed by atoms with Crippen molar-refractivity contribution in [3.05, 3.63) is 59.7 Å². The Kier molecular flexibility index (Phi) is 6.08. The van der Waals surface area contributed by atoms with Crippen molar-refractivity contribution in [1.82, 2.24) is 4.90 Å². The zero-order valence-electron chi connectivity index (χ0n) is 15.6. The Morgan fingerprint density at radius 3 is 2.74 bits per heavy atom. The van der Waals surface area contributed by atoms with Crippen molar-refractivity contribution in [1.29, 1.82) is 0 Å². The van der Waals surface area contributed by atoms with Crippen LogP contribution in [0.4, 0.5) is 11.4 Å². The molecule has 1 heterocycles. The van der Waals surface area contributed by atoms with Gasteiger partial charge in [-0.3, -0.25) is 9.59 Å². The number of benzene rings is 2. The number of anilines is 2. The van der Waals surface area contributed by atoms with Crippen LogP contribution < -0.4 is 16.0 Å². The van der Waals surface area contributed by atoms with E-state index in [1.54, 1.807) is 6.07 Å². The summed E-state index contributed by atoms with van der Waals surface area (Å²) in [6.07, 6.45) is 1.17. The predicted molar refractivity (Wildman–Crippen MR) is 108 cm³/mol. The zero-order valence-corrected chi connectivity index (χ0v) is 15.6. The zero-order chi connectivity index (χ0) is 19.2. The summed E-state index contributed by atoms with van der Waals surface area (Å²) in [6, 6.07) is 15.4. The molecule has 2 amide bonds. The second-order valence-electron chi connectivity index (χ2n) is 6.81. The molecule has 3 N–H and O–H groups in total. The number of nitrogens with one attached hydrogen (secondary N) is 1. The number of nitrogens with zero attached hydrogens (tertiary/aromatic N) is 2. The first-order valence-corrected chi connectivity index (χ1v) is 9.27. The molecular weight excluding hydrogens is 340 g/mol. The summed E-state index contributed by atoms with van der Waals surface area (Å²) >= 11 is 0. The molecule has 0 aliphatic carbocycles. The van der Waals surface area contributed by atoms with Crippen LogP contribution in [0.5, 0.6) is 0 Å². The van der Waals surface area contributed by atoms with Gasteiger partial charge in [-0.25, -0.2) is 0 Å². The molecule has 0 saturated carbocycles. The maximum Gasteiger partial charge on any atom is 0.254 e. The van der Waals surface area contributed by atoms with E-state index >= 15 is 0 Å².